The van der Waals surface area contributed by atoms with E-state index in [0.717, 1.165) is 11.3 Å². The monoisotopic (exact) mass is 359 g/mol. The number of amides is 2. The lowest BCUT2D eigenvalue weighted by Crippen LogP contribution is -2.56. The zero-order valence-electron chi connectivity index (χ0n) is 15.4. The summed E-state index contributed by atoms with van der Waals surface area (Å²) in [4.78, 5) is 27.9. The van der Waals surface area contributed by atoms with Crippen LogP contribution >= 0.6 is 0 Å². The van der Waals surface area contributed by atoms with Crippen molar-refractivity contribution in [2.75, 3.05) is 7.11 Å². The predicted molar refractivity (Wildman–Crippen MR) is 97.3 cm³/mol. The molecule has 2 rings (SSSR count). The second kappa shape index (κ2) is 8.48. The number of hydrogen-bond donors (Lipinski definition) is 3. The minimum atomic E-state index is -0.730. The van der Waals surface area contributed by atoms with Gasteiger partial charge in [-0.05, 0) is 23.1 Å². The summed E-state index contributed by atoms with van der Waals surface area (Å²) in [6.45, 7) is 6.04. The molecular weight excluding hydrogens is 334 g/mol. The summed E-state index contributed by atoms with van der Waals surface area (Å²) in [6, 6.07) is 7.13. The third-order valence-electron chi connectivity index (χ3n) is 3.82. The van der Waals surface area contributed by atoms with Gasteiger partial charge < -0.3 is 14.6 Å². The molecule has 3 N–H and O–H groups in total. The molecule has 0 aliphatic heterocycles. The zero-order chi connectivity index (χ0) is 19.2. The van der Waals surface area contributed by atoms with Crippen LogP contribution in [0.2, 0.25) is 0 Å². The van der Waals surface area contributed by atoms with E-state index >= 15 is 0 Å². The van der Waals surface area contributed by atoms with Crippen LogP contribution in [0.3, 0.4) is 0 Å². The molecule has 0 aliphatic rings. The maximum absolute atomic E-state index is 12.4. The summed E-state index contributed by atoms with van der Waals surface area (Å²) >= 11 is 0. The molecule has 0 saturated carbocycles. The van der Waals surface area contributed by atoms with Crippen LogP contribution in [0.1, 0.15) is 26.3 Å². The molecule has 0 spiro atoms. The first-order chi connectivity index (χ1) is 12.3. The van der Waals surface area contributed by atoms with Crippen molar-refractivity contribution in [3.63, 3.8) is 0 Å². The Morgan fingerprint density at radius 3 is 2.46 bits per heavy atom. The Kier molecular flexibility index (Phi) is 6.35. The average molecular weight is 359 g/mol. The number of benzene rings is 1. The fourth-order valence-corrected chi connectivity index (χ4v) is 2.36. The number of methoxy groups -OCH3 is 1. The Morgan fingerprint density at radius 2 is 1.92 bits per heavy atom. The van der Waals surface area contributed by atoms with E-state index < -0.39 is 17.6 Å². The van der Waals surface area contributed by atoms with Gasteiger partial charge in [-0.15, -0.1) is 0 Å². The number of imidazole rings is 1. The van der Waals surface area contributed by atoms with E-state index in [1.807, 2.05) is 55.8 Å². The number of nitrogens with one attached hydrogen (secondary N) is 3. The number of alkyl carbamates (subject to hydrolysis) is 1. The lowest BCUT2D eigenvalue weighted by atomic mass is 9.86. The van der Waals surface area contributed by atoms with E-state index in [2.05, 4.69) is 25.9 Å². The van der Waals surface area contributed by atoms with Crippen molar-refractivity contribution < 1.29 is 14.3 Å². The predicted octanol–water partition coefficient (Wildman–Crippen LogP) is 1.76. The van der Waals surface area contributed by atoms with Crippen molar-refractivity contribution in [2.24, 2.45) is 5.41 Å². The van der Waals surface area contributed by atoms with Crippen LogP contribution in [0.4, 0.5) is 4.79 Å². The highest BCUT2D eigenvalue weighted by Crippen LogP contribution is 2.19. The van der Waals surface area contributed by atoms with Gasteiger partial charge in [-0.3, -0.25) is 10.2 Å². The Morgan fingerprint density at radius 1 is 1.23 bits per heavy atom. The number of rotatable bonds is 6. The standard InChI is InChI=1S/C18H25N5O3/c1-18(2,3)15(21-17(25)26-4)16(24)22-20-11-13-5-7-14(8-6-13)23-10-9-19-12-23/h5-10,12,15,20H,11H2,1-4H3,(H,21,25)(H,22,24)/t15-/m1/s1. The Balaban J connectivity index is 1.89. The van der Waals surface area contributed by atoms with Crippen molar-refractivity contribution in [1.29, 1.82) is 0 Å². The summed E-state index contributed by atoms with van der Waals surface area (Å²) in [6.07, 6.45) is 4.68. The summed E-state index contributed by atoms with van der Waals surface area (Å²) in [7, 11) is 1.26. The molecule has 0 bridgehead atoms. The average Bonchev–Trinajstić information content (AvgIpc) is 3.13. The summed E-state index contributed by atoms with van der Waals surface area (Å²) < 4.78 is 6.49. The van der Waals surface area contributed by atoms with Gasteiger partial charge in [-0.2, -0.15) is 0 Å². The number of carbonyl (C=O) groups is 2. The van der Waals surface area contributed by atoms with E-state index in [0.29, 0.717) is 6.54 Å². The Bertz CT molecular complexity index is 720. The highest BCUT2D eigenvalue weighted by molar-refractivity contribution is 5.86. The number of hydrazine groups is 1. The highest BCUT2D eigenvalue weighted by Gasteiger charge is 2.33. The molecule has 0 aliphatic carbocycles. The molecule has 140 valence electrons. The lowest BCUT2D eigenvalue weighted by Gasteiger charge is -2.29. The summed E-state index contributed by atoms with van der Waals surface area (Å²) in [5, 5.41) is 2.56. The molecule has 0 fully saturated rings. The smallest absolute Gasteiger partial charge is 0.407 e. The molecule has 26 heavy (non-hydrogen) atoms. The first kappa shape index (κ1) is 19.5. The topological polar surface area (TPSA) is 97.3 Å². The number of aromatic nitrogens is 2. The van der Waals surface area contributed by atoms with Gasteiger partial charge in [-0.25, -0.2) is 15.2 Å². The molecule has 0 radical (unpaired) electrons. The molecule has 1 aromatic heterocycles. The van der Waals surface area contributed by atoms with Crippen LogP contribution in [0, 0.1) is 5.41 Å². The van der Waals surface area contributed by atoms with E-state index in [1.165, 1.54) is 7.11 Å². The number of hydrogen-bond acceptors (Lipinski definition) is 5. The van der Waals surface area contributed by atoms with E-state index in [-0.39, 0.29) is 5.91 Å². The molecule has 0 unspecified atom stereocenters. The van der Waals surface area contributed by atoms with Crippen molar-refractivity contribution >= 4 is 12.0 Å². The van der Waals surface area contributed by atoms with Gasteiger partial charge in [0.2, 0.25) is 0 Å². The molecule has 2 amide bonds. The van der Waals surface area contributed by atoms with Gasteiger partial charge in [0.05, 0.1) is 13.4 Å². The van der Waals surface area contributed by atoms with E-state index in [4.69, 9.17) is 0 Å². The van der Waals surface area contributed by atoms with Gasteiger partial charge in [0.1, 0.15) is 6.04 Å². The third-order valence-corrected chi connectivity index (χ3v) is 3.82. The fourth-order valence-electron chi connectivity index (χ4n) is 2.36. The van der Waals surface area contributed by atoms with Crippen molar-refractivity contribution in [3.8, 4) is 5.69 Å². The quantitative estimate of drug-likeness (QED) is 0.683. The van der Waals surface area contributed by atoms with Crippen molar-refractivity contribution in [2.45, 2.75) is 33.4 Å². The van der Waals surface area contributed by atoms with Crippen LogP contribution in [-0.2, 0) is 16.1 Å². The van der Waals surface area contributed by atoms with Gasteiger partial charge in [0.15, 0.2) is 0 Å². The van der Waals surface area contributed by atoms with Gasteiger partial charge in [0.25, 0.3) is 5.91 Å². The molecule has 1 atom stereocenters. The Labute approximate surface area is 152 Å². The maximum atomic E-state index is 12.4. The summed E-state index contributed by atoms with van der Waals surface area (Å²) in [5.74, 6) is -0.335. The second-order valence-electron chi connectivity index (χ2n) is 6.91. The highest BCUT2D eigenvalue weighted by atomic mass is 16.5. The molecule has 8 heteroatoms. The van der Waals surface area contributed by atoms with Crippen LogP contribution in [0.15, 0.2) is 43.0 Å². The fraction of sp³-hybridized carbons (Fsp3) is 0.389. The first-order valence-electron chi connectivity index (χ1n) is 8.25. The SMILES string of the molecule is COC(=O)N[C@H](C(=O)NNCc1ccc(-n2ccnc2)cc1)C(C)(C)C. The first-order valence-corrected chi connectivity index (χ1v) is 8.25. The second-order valence-corrected chi connectivity index (χ2v) is 6.91. The lowest BCUT2D eigenvalue weighted by molar-refractivity contribution is -0.126. The largest absolute Gasteiger partial charge is 0.453 e. The van der Waals surface area contributed by atoms with Crippen LogP contribution in [-0.4, -0.2) is 34.7 Å². The summed E-state index contributed by atoms with van der Waals surface area (Å²) in [5.41, 5.74) is 7.07. The van der Waals surface area contributed by atoms with Gasteiger partial charge in [0, 0.05) is 24.6 Å². The van der Waals surface area contributed by atoms with Crippen LogP contribution in [0.25, 0.3) is 5.69 Å². The molecule has 1 aromatic carbocycles. The normalized spacial score (nSPS) is 12.3. The number of carbonyl (C=O) groups excluding carboxylic acids is 2. The van der Waals surface area contributed by atoms with Crippen LogP contribution < -0.4 is 16.2 Å². The Hall–Kier alpha value is -2.87. The molecule has 2 aromatic rings. The molecular formula is C18H25N5O3. The minimum Gasteiger partial charge on any atom is -0.453 e. The zero-order valence-corrected chi connectivity index (χ0v) is 15.4. The molecule has 0 saturated heterocycles. The van der Waals surface area contributed by atoms with Gasteiger partial charge in [-0.1, -0.05) is 32.9 Å². The number of nitrogens with zero attached hydrogens (tertiary/aromatic N) is 2. The van der Waals surface area contributed by atoms with Crippen LogP contribution in [0.5, 0.6) is 0 Å². The van der Waals surface area contributed by atoms with E-state index in [1.54, 1.807) is 12.5 Å². The number of ether oxygens (including phenoxy) is 1. The molecule has 1 heterocycles. The molecule has 8 nitrogen and oxygen atoms in total. The van der Waals surface area contributed by atoms with Crippen molar-refractivity contribution in [1.82, 2.24) is 25.7 Å². The third kappa shape index (κ3) is 5.32. The van der Waals surface area contributed by atoms with Gasteiger partial charge >= 0.3 is 6.09 Å². The minimum absolute atomic E-state index is 0.335. The van der Waals surface area contributed by atoms with Crippen molar-refractivity contribution in [3.05, 3.63) is 48.5 Å². The maximum Gasteiger partial charge on any atom is 0.407 e. The van der Waals surface area contributed by atoms with E-state index in [9.17, 15) is 9.59 Å².